The molecule has 0 aliphatic rings. The van der Waals surface area contributed by atoms with E-state index in [1.807, 2.05) is 12.1 Å². The fraction of sp³-hybridized carbons (Fsp3) is 0.300. The molecule has 0 radical (unpaired) electrons. The molecule has 4 heteroatoms. The van der Waals surface area contributed by atoms with E-state index in [1.165, 1.54) is 0 Å². The quantitative estimate of drug-likeness (QED) is 0.664. The Labute approximate surface area is 91.6 Å². The van der Waals surface area contributed by atoms with E-state index in [1.54, 1.807) is 6.07 Å². The van der Waals surface area contributed by atoms with Crippen LogP contribution in [0.15, 0.2) is 22.7 Å². The lowest BCUT2D eigenvalue weighted by Gasteiger charge is -2.06. The first kappa shape index (κ1) is 10.9. The first-order chi connectivity index (χ1) is 6.72. The van der Waals surface area contributed by atoms with E-state index in [2.05, 4.69) is 22.0 Å². The fourth-order valence-electron chi connectivity index (χ4n) is 1.01. The van der Waals surface area contributed by atoms with Gasteiger partial charge in [-0.3, -0.25) is 0 Å². The zero-order valence-electron chi connectivity index (χ0n) is 7.66. The molecule has 3 nitrogen and oxygen atoms in total. The lowest BCUT2D eigenvalue weighted by molar-refractivity contribution is 0.312. The van der Waals surface area contributed by atoms with Gasteiger partial charge in [-0.05, 0) is 18.6 Å². The van der Waals surface area contributed by atoms with Crippen LogP contribution >= 0.6 is 15.9 Å². The topological polar surface area (TPSA) is 59.0 Å². The van der Waals surface area contributed by atoms with Crippen molar-refractivity contribution in [1.29, 1.82) is 5.26 Å². The highest BCUT2D eigenvalue weighted by molar-refractivity contribution is 9.10. The van der Waals surface area contributed by atoms with Crippen molar-refractivity contribution in [2.75, 3.05) is 12.3 Å². The van der Waals surface area contributed by atoms with Gasteiger partial charge >= 0.3 is 0 Å². The maximum atomic E-state index is 8.32. The van der Waals surface area contributed by atoms with Gasteiger partial charge in [0.25, 0.3) is 0 Å². The molecular formula is C10H11BrN2O. The van der Waals surface area contributed by atoms with Gasteiger partial charge in [0.15, 0.2) is 0 Å². The molecule has 1 rings (SSSR count). The van der Waals surface area contributed by atoms with Crippen molar-refractivity contribution in [3.8, 4) is 11.8 Å². The van der Waals surface area contributed by atoms with E-state index in [9.17, 15) is 0 Å². The molecular weight excluding hydrogens is 244 g/mol. The smallest absolute Gasteiger partial charge is 0.122 e. The van der Waals surface area contributed by atoms with E-state index in [4.69, 9.17) is 15.7 Å². The summed E-state index contributed by atoms with van der Waals surface area (Å²) in [5, 5.41) is 8.32. The summed E-state index contributed by atoms with van der Waals surface area (Å²) in [6.45, 7) is 0.545. The van der Waals surface area contributed by atoms with Crippen LogP contribution in [0.3, 0.4) is 0 Å². The van der Waals surface area contributed by atoms with Crippen LogP contribution in [0.5, 0.6) is 5.75 Å². The molecule has 2 N–H and O–H groups in total. The van der Waals surface area contributed by atoms with Crippen molar-refractivity contribution in [2.24, 2.45) is 0 Å². The highest BCUT2D eigenvalue weighted by atomic mass is 79.9. The maximum absolute atomic E-state index is 8.32. The third-order valence-electron chi connectivity index (χ3n) is 1.60. The van der Waals surface area contributed by atoms with Crippen LogP contribution in [-0.2, 0) is 0 Å². The summed E-state index contributed by atoms with van der Waals surface area (Å²) in [6, 6.07) is 7.48. The van der Waals surface area contributed by atoms with Gasteiger partial charge in [0.2, 0.25) is 0 Å². The van der Waals surface area contributed by atoms with Gasteiger partial charge < -0.3 is 10.5 Å². The molecule has 1 aromatic rings. The standard InChI is InChI=1S/C10H11BrN2O/c11-8-5-9(13)7-10(6-8)14-4-2-1-3-12/h5-7H,1-2,4,13H2. The predicted molar refractivity (Wildman–Crippen MR) is 58.9 cm³/mol. The number of nitrogens with zero attached hydrogens (tertiary/aromatic N) is 1. The number of rotatable bonds is 4. The van der Waals surface area contributed by atoms with E-state index < -0.39 is 0 Å². The highest BCUT2D eigenvalue weighted by Crippen LogP contribution is 2.22. The summed E-state index contributed by atoms with van der Waals surface area (Å²) in [5.41, 5.74) is 6.29. The molecule has 0 spiro atoms. The number of unbranched alkanes of at least 4 members (excludes halogenated alkanes) is 1. The molecule has 0 atom stereocenters. The molecule has 0 saturated heterocycles. The van der Waals surface area contributed by atoms with Crippen molar-refractivity contribution in [3.05, 3.63) is 22.7 Å². The van der Waals surface area contributed by atoms with E-state index in [0.717, 1.165) is 16.6 Å². The second kappa shape index (κ2) is 5.51. The predicted octanol–water partition coefficient (Wildman–Crippen LogP) is 2.71. The number of nitrogen functional groups attached to an aromatic ring is 1. The van der Waals surface area contributed by atoms with Crippen molar-refractivity contribution in [2.45, 2.75) is 12.8 Å². The summed E-state index contributed by atoms with van der Waals surface area (Å²) in [6.07, 6.45) is 1.26. The number of halogens is 1. The third kappa shape index (κ3) is 3.67. The first-order valence-electron chi connectivity index (χ1n) is 4.28. The van der Waals surface area contributed by atoms with Crippen LogP contribution in [0.2, 0.25) is 0 Å². The number of benzene rings is 1. The molecule has 0 bridgehead atoms. The van der Waals surface area contributed by atoms with Gasteiger partial charge in [0.1, 0.15) is 5.75 Å². The Morgan fingerprint density at radius 2 is 2.21 bits per heavy atom. The van der Waals surface area contributed by atoms with Crippen molar-refractivity contribution >= 4 is 21.6 Å². The number of hydrogen-bond donors (Lipinski definition) is 1. The van der Waals surface area contributed by atoms with Gasteiger partial charge in [0.05, 0.1) is 12.7 Å². The van der Waals surface area contributed by atoms with Gasteiger partial charge in [-0.15, -0.1) is 0 Å². The molecule has 0 saturated carbocycles. The number of anilines is 1. The number of ether oxygens (including phenoxy) is 1. The molecule has 1 aromatic carbocycles. The minimum absolute atomic E-state index is 0.517. The van der Waals surface area contributed by atoms with E-state index >= 15 is 0 Å². The molecule has 0 heterocycles. The normalized spacial score (nSPS) is 9.43. The lowest BCUT2D eigenvalue weighted by Crippen LogP contribution is -1.97. The Hall–Kier alpha value is -1.21. The average Bonchev–Trinajstić information content (AvgIpc) is 2.11. The number of hydrogen-bond acceptors (Lipinski definition) is 3. The van der Waals surface area contributed by atoms with Crippen molar-refractivity contribution < 1.29 is 4.74 Å². The largest absolute Gasteiger partial charge is 0.493 e. The first-order valence-corrected chi connectivity index (χ1v) is 5.07. The van der Waals surface area contributed by atoms with Crippen LogP contribution in [0.1, 0.15) is 12.8 Å². The van der Waals surface area contributed by atoms with E-state index in [-0.39, 0.29) is 0 Å². The number of nitrogens with two attached hydrogens (primary N) is 1. The molecule has 0 fully saturated rings. The van der Waals surface area contributed by atoms with Crippen molar-refractivity contribution in [1.82, 2.24) is 0 Å². The maximum Gasteiger partial charge on any atom is 0.122 e. The Morgan fingerprint density at radius 3 is 2.86 bits per heavy atom. The van der Waals surface area contributed by atoms with Gasteiger partial charge in [-0.2, -0.15) is 5.26 Å². The SMILES string of the molecule is N#CCCCOc1cc(N)cc(Br)c1. The van der Waals surface area contributed by atoms with Gasteiger partial charge in [-0.1, -0.05) is 15.9 Å². The Kier molecular flexibility index (Phi) is 4.27. The summed E-state index contributed by atoms with van der Waals surface area (Å²) in [5.74, 6) is 0.731. The average molecular weight is 255 g/mol. The molecule has 0 aliphatic carbocycles. The number of nitriles is 1. The lowest BCUT2D eigenvalue weighted by atomic mass is 10.3. The summed E-state index contributed by atoms with van der Waals surface area (Å²) in [4.78, 5) is 0. The third-order valence-corrected chi connectivity index (χ3v) is 2.05. The van der Waals surface area contributed by atoms with Crippen LogP contribution < -0.4 is 10.5 Å². The highest BCUT2D eigenvalue weighted by Gasteiger charge is 1.97. The summed E-state index contributed by atoms with van der Waals surface area (Å²) < 4.78 is 6.30. The van der Waals surface area contributed by atoms with Crippen LogP contribution in [-0.4, -0.2) is 6.61 Å². The second-order valence-corrected chi connectivity index (χ2v) is 3.75. The molecule has 74 valence electrons. The van der Waals surface area contributed by atoms with Gasteiger partial charge in [0, 0.05) is 22.6 Å². The Balaban J connectivity index is 2.47. The van der Waals surface area contributed by atoms with Gasteiger partial charge in [-0.25, -0.2) is 0 Å². The molecule has 14 heavy (non-hydrogen) atoms. The summed E-state index contributed by atoms with van der Waals surface area (Å²) in [7, 11) is 0. The van der Waals surface area contributed by atoms with Crippen LogP contribution in [0, 0.1) is 11.3 Å². The Morgan fingerprint density at radius 1 is 1.43 bits per heavy atom. The summed E-state index contributed by atoms with van der Waals surface area (Å²) >= 11 is 3.32. The molecule has 0 unspecified atom stereocenters. The fourth-order valence-corrected chi connectivity index (χ4v) is 1.50. The zero-order chi connectivity index (χ0) is 10.4. The van der Waals surface area contributed by atoms with Crippen LogP contribution in [0.25, 0.3) is 0 Å². The second-order valence-electron chi connectivity index (χ2n) is 2.83. The van der Waals surface area contributed by atoms with Crippen molar-refractivity contribution in [3.63, 3.8) is 0 Å². The monoisotopic (exact) mass is 254 g/mol. The molecule has 0 aliphatic heterocycles. The minimum atomic E-state index is 0.517. The van der Waals surface area contributed by atoms with E-state index in [0.29, 0.717) is 18.7 Å². The molecule has 0 amide bonds. The minimum Gasteiger partial charge on any atom is -0.493 e. The zero-order valence-corrected chi connectivity index (χ0v) is 9.25. The van der Waals surface area contributed by atoms with Crippen LogP contribution in [0.4, 0.5) is 5.69 Å². The Bertz CT molecular complexity index is 326. The molecule has 0 aromatic heterocycles.